The molecule has 2 amide bonds. The maximum absolute atomic E-state index is 13.4. The van der Waals surface area contributed by atoms with Crippen LogP contribution in [-0.4, -0.2) is 66.1 Å². The normalized spacial score (nSPS) is 25.2. The van der Waals surface area contributed by atoms with E-state index in [1.807, 2.05) is 44.2 Å². The molecule has 0 bridgehead atoms. The molecule has 1 aromatic rings. The lowest BCUT2D eigenvalue weighted by molar-refractivity contribution is -0.117. The van der Waals surface area contributed by atoms with E-state index >= 15 is 0 Å². The Kier molecular flexibility index (Phi) is 7.95. The summed E-state index contributed by atoms with van der Waals surface area (Å²) in [6.07, 6.45) is 2.72. The van der Waals surface area contributed by atoms with Crippen molar-refractivity contribution >= 4 is 22.0 Å². The Labute approximate surface area is 190 Å². The fourth-order valence-electron chi connectivity index (χ4n) is 4.76. The minimum absolute atomic E-state index is 0.0711. The van der Waals surface area contributed by atoms with Gasteiger partial charge in [-0.05, 0) is 51.2 Å². The molecule has 0 aliphatic carbocycles. The SMILES string of the molecule is C=CC(=O)NC1CC(C)N(S(=O)(=O)C2CCN(C(=O)OCc3ccccc3)CC2)C(C)C1. The van der Waals surface area contributed by atoms with Crippen LogP contribution in [0.15, 0.2) is 43.0 Å². The largest absolute Gasteiger partial charge is 0.445 e. The zero-order chi connectivity index (χ0) is 23.3. The lowest BCUT2D eigenvalue weighted by atomic mass is 9.95. The summed E-state index contributed by atoms with van der Waals surface area (Å²) in [6.45, 7) is 8.15. The highest BCUT2D eigenvalue weighted by molar-refractivity contribution is 7.89. The number of hydrogen-bond donors (Lipinski definition) is 1. The van der Waals surface area contributed by atoms with Gasteiger partial charge in [0, 0.05) is 31.2 Å². The second-order valence-corrected chi connectivity index (χ2v) is 10.8. The smallest absolute Gasteiger partial charge is 0.410 e. The van der Waals surface area contributed by atoms with Crippen LogP contribution in [0.2, 0.25) is 0 Å². The zero-order valence-electron chi connectivity index (χ0n) is 18.8. The molecule has 0 spiro atoms. The summed E-state index contributed by atoms with van der Waals surface area (Å²) in [5.74, 6) is -0.239. The third-order valence-electron chi connectivity index (χ3n) is 6.27. The molecule has 2 aliphatic heterocycles. The highest BCUT2D eigenvalue weighted by Crippen LogP contribution is 2.31. The number of carbonyl (C=O) groups excluding carboxylic acids is 2. The quantitative estimate of drug-likeness (QED) is 0.655. The van der Waals surface area contributed by atoms with E-state index in [1.165, 1.54) is 6.08 Å². The molecule has 0 radical (unpaired) electrons. The zero-order valence-corrected chi connectivity index (χ0v) is 19.6. The number of sulfonamides is 1. The van der Waals surface area contributed by atoms with Crippen molar-refractivity contribution in [2.45, 2.75) is 69.5 Å². The molecule has 176 valence electrons. The van der Waals surface area contributed by atoms with Crippen molar-refractivity contribution in [1.29, 1.82) is 0 Å². The lowest BCUT2D eigenvalue weighted by Crippen LogP contribution is -2.57. The highest BCUT2D eigenvalue weighted by atomic mass is 32.2. The van der Waals surface area contributed by atoms with E-state index in [9.17, 15) is 18.0 Å². The van der Waals surface area contributed by atoms with Gasteiger partial charge in [-0.2, -0.15) is 4.31 Å². The first kappa shape index (κ1) is 24.3. The molecule has 3 rings (SSSR count). The molecule has 1 N–H and O–H groups in total. The van der Waals surface area contributed by atoms with Crippen LogP contribution in [0.5, 0.6) is 0 Å². The maximum Gasteiger partial charge on any atom is 0.410 e. The fraction of sp³-hybridized carbons (Fsp3) is 0.565. The van der Waals surface area contributed by atoms with Gasteiger partial charge < -0.3 is 15.0 Å². The average molecular weight is 464 g/mol. The van der Waals surface area contributed by atoms with Crippen molar-refractivity contribution in [3.8, 4) is 0 Å². The molecule has 0 saturated carbocycles. The van der Waals surface area contributed by atoms with Crippen molar-refractivity contribution < 1.29 is 22.7 Å². The molecule has 9 heteroatoms. The van der Waals surface area contributed by atoms with E-state index in [0.29, 0.717) is 38.8 Å². The molecule has 2 fully saturated rings. The topological polar surface area (TPSA) is 96.0 Å². The predicted molar refractivity (Wildman–Crippen MR) is 122 cm³/mol. The third kappa shape index (κ3) is 5.69. The summed E-state index contributed by atoms with van der Waals surface area (Å²) in [7, 11) is -3.52. The molecule has 1 aromatic carbocycles. The Balaban J connectivity index is 1.54. The number of rotatable bonds is 6. The summed E-state index contributed by atoms with van der Waals surface area (Å²) in [5.41, 5.74) is 0.911. The van der Waals surface area contributed by atoms with Crippen LogP contribution in [0.4, 0.5) is 4.79 Å². The van der Waals surface area contributed by atoms with Gasteiger partial charge in [0.25, 0.3) is 0 Å². The van der Waals surface area contributed by atoms with Crippen molar-refractivity contribution in [1.82, 2.24) is 14.5 Å². The van der Waals surface area contributed by atoms with Gasteiger partial charge in [0.1, 0.15) is 6.61 Å². The number of benzene rings is 1. The molecular formula is C23H33N3O5S. The Bertz CT molecular complexity index is 901. The van der Waals surface area contributed by atoms with Crippen LogP contribution in [0.3, 0.4) is 0 Å². The summed E-state index contributed by atoms with van der Waals surface area (Å²) < 4.78 is 33.8. The molecule has 2 atom stereocenters. The first-order valence-corrected chi connectivity index (χ1v) is 12.6. The van der Waals surface area contributed by atoms with Gasteiger partial charge in [0.15, 0.2) is 0 Å². The third-order valence-corrected chi connectivity index (χ3v) is 8.89. The van der Waals surface area contributed by atoms with Crippen molar-refractivity contribution in [3.05, 3.63) is 48.6 Å². The molecule has 0 aromatic heterocycles. The molecule has 2 aliphatic rings. The van der Waals surface area contributed by atoms with E-state index in [-0.39, 0.29) is 30.6 Å². The number of nitrogens with one attached hydrogen (secondary N) is 1. The van der Waals surface area contributed by atoms with Crippen molar-refractivity contribution in [2.75, 3.05) is 13.1 Å². The second-order valence-electron chi connectivity index (χ2n) is 8.68. The van der Waals surface area contributed by atoms with Crippen LogP contribution in [-0.2, 0) is 26.2 Å². The van der Waals surface area contributed by atoms with Crippen molar-refractivity contribution in [3.63, 3.8) is 0 Å². The Hall–Kier alpha value is -2.39. The Morgan fingerprint density at radius 3 is 2.28 bits per heavy atom. The summed E-state index contributed by atoms with van der Waals surface area (Å²) in [5, 5.41) is 2.36. The molecule has 8 nitrogen and oxygen atoms in total. The summed E-state index contributed by atoms with van der Waals surface area (Å²) >= 11 is 0. The molecule has 2 saturated heterocycles. The fourth-order valence-corrected chi connectivity index (χ4v) is 7.09. The first-order chi connectivity index (χ1) is 15.2. The van der Waals surface area contributed by atoms with Gasteiger partial charge in [-0.15, -0.1) is 0 Å². The molecule has 2 heterocycles. The van der Waals surface area contributed by atoms with E-state index in [4.69, 9.17) is 4.74 Å². The van der Waals surface area contributed by atoms with Crippen LogP contribution in [0.1, 0.15) is 45.1 Å². The van der Waals surface area contributed by atoms with Gasteiger partial charge in [-0.1, -0.05) is 36.9 Å². The predicted octanol–water partition coefficient (Wildman–Crippen LogP) is 2.66. The lowest BCUT2D eigenvalue weighted by Gasteiger charge is -2.44. The van der Waals surface area contributed by atoms with Crippen molar-refractivity contribution in [2.24, 2.45) is 0 Å². The molecule has 2 unspecified atom stereocenters. The van der Waals surface area contributed by atoms with E-state index in [2.05, 4.69) is 11.9 Å². The van der Waals surface area contributed by atoms with Gasteiger partial charge in [-0.25, -0.2) is 13.2 Å². The first-order valence-electron chi connectivity index (χ1n) is 11.1. The molecule has 32 heavy (non-hydrogen) atoms. The van der Waals surface area contributed by atoms with Crippen LogP contribution >= 0.6 is 0 Å². The second kappa shape index (κ2) is 10.5. The highest BCUT2D eigenvalue weighted by Gasteiger charge is 2.43. The van der Waals surface area contributed by atoms with E-state index < -0.39 is 21.4 Å². The van der Waals surface area contributed by atoms with Gasteiger partial charge >= 0.3 is 6.09 Å². The summed E-state index contributed by atoms with van der Waals surface area (Å²) in [4.78, 5) is 25.6. The van der Waals surface area contributed by atoms with E-state index in [0.717, 1.165) is 5.56 Å². The Morgan fingerprint density at radius 1 is 1.12 bits per heavy atom. The van der Waals surface area contributed by atoms with Gasteiger partial charge in [0.05, 0.1) is 5.25 Å². The number of nitrogens with zero attached hydrogens (tertiary/aromatic N) is 2. The molecular weight excluding hydrogens is 430 g/mol. The Morgan fingerprint density at radius 2 is 1.72 bits per heavy atom. The minimum Gasteiger partial charge on any atom is -0.445 e. The van der Waals surface area contributed by atoms with E-state index in [1.54, 1.807) is 9.21 Å². The monoisotopic (exact) mass is 463 g/mol. The maximum atomic E-state index is 13.4. The van der Waals surface area contributed by atoms with Crippen LogP contribution in [0, 0.1) is 0 Å². The number of piperidine rings is 2. The summed E-state index contributed by atoms with van der Waals surface area (Å²) in [6, 6.07) is 8.95. The minimum atomic E-state index is -3.52. The number of hydrogen-bond acceptors (Lipinski definition) is 5. The average Bonchev–Trinajstić information content (AvgIpc) is 2.77. The standard InChI is InChI=1S/C23H33N3O5S/c1-4-22(27)24-20-14-17(2)26(18(3)15-20)32(29,30)21-10-12-25(13-11-21)23(28)31-16-19-8-6-5-7-9-19/h4-9,17-18,20-21H,1,10-16H2,2-3H3,(H,24,27). The van der Waals surface area contributed by atoms with Gasteiger partial charge in [0.2, 0.25) is 15.9 Å². The number of carbonyl (C=O) groups is 2. The van der Waals surface area contributed by atoms with Crippen LogP contribution in [0.25, 0.3) is 0 Å². The number of likely N-dealkylation sites (tertiary alicyclic amines) is 1. The number of amides is 2. The number of ether oxygens (including phenoxy) is 1. The van der Waals surface area contributed by atoms with Gasteiger partial charge in [-0.3, -0.25) is 4.79 Å². The van der Waals surface area contributed by atoms with Crippen LogP contribution < -0.4 is 5.32 Å².